The fraction of sp³-hybridized carbons (Fsp3) is 0.115. The van der Waals surface area contributed by atoms with E-state index >= 15 is 0 Å². The van der Waals surface area contributed by atoms with Crippen molar-refractivity contribution in [1.82, 2.24) is 15.1 Å². The lowest BCUT2D eigenvalue weighted by molar-refractivity contribution is -0.111. The zero-order valence-electron chi connectivity index (χ0n) is 21.6. The Hall–Kier alpha value is -4.08. The third-order valence-corrected chi connectivity index (χ3v) is 6.69. The highest BCUT2D eigenvalue weighted by Crippen LogP contribution is 2.45. The molecule has 41 heavy (non-hydrogen) atoms. The lowest BCUT2D eigenvalue weighted by atomic mass is 10.2. The Bertz CT molecular complexity index is 1570. The molecule has 0 aliphatic heterocycles. The monoisotopic (exact) mass is 709 g/mol. The number of carbonyl (C=O) groups is 2. The molecule has 4 aromatic rings. The molecule has 212 valence electrons. The lowest BCUT2D eigenvalue weighted by Gasteiger charge is -2.23. The second-order valence-electron chi connectivity index (χ2n) is 8.23. The maximum Gasteiger partial charge on any atom is 0.328 e. The Morgan fingerprint density at radius 3 is 2.49 bits per heavy atom. The van der Waals surface area contributed by atoms with Crippen LogP contribution < -0.4 is 28.7 Å². The first-order valence-electron chi connectivity index (χ1n) is 11.7. The van der Waals surface area contributed by atoms with Crippen LogP contribution in [-0.2, 0) is 11.3 Å². The summed E-state index contributed by atoms with van der Waals surface area (Å²) in [6.07, 6.45) is 2.44. The van der Waals surface area contributed by atoms with Crippen LogP contribution in [0.5, 0.6) is 11.5 Å². The van der Waals surface area contributed by atoms with Crippen LogP contribution >= 0.6 is 46.2 Å². The van der Waals surface area contributed by atoms with Crippen LogP contribution in [0.15, 0.2) is 66.0 Å². The minimum atomic E-state index is -0.654. The first kappa shape index (κ1) is 29.9. The molecule has 3 amide bonds. The number of methoxy groups -OCH3 is 1. The van der Waals surface area contributed by atoms with Crippen LogP contribution in [0, 0.1) is 6.92 Å². The van der Waals surface area contributed by atoms with Gasteiger partial charge in [0.25, 0.3) is 0 Å². The maximum absolute atomic E-state index is 13.7. The number of amides is 3. The molecule has 0 unspecified atom stereocenters. The largest absolute Gasteiger partial charge is 0.495 e. The summed E-state index contributed by atoms with van der Waals surface area (Å²) >= 11 is 14.6. The first-order valence-corrected chi connectivity index (χ1v) is 13.3. The third-order valence-electron chi connectivity index (χ3n) is 5.47. The molecule has 0 radical (unpaired) electrons. The molecule has 0 saturated carbocycles. The van der Waals surface area contributed by atoms with Gasteiger partial charge in [0.2, 0.25) is 5.91 Å². The van der Waals surface area contributed by atoms with E-state index in [-0.39, 0.29) is 45.5 Å². The fourth-order valence-corrected chi connectivity index (χ4v) is 4.60. The van der Waals surface area contributed by atoms with Gasteiger partial charge in [0.05, 0.1) is 36.4 Å². The predicted octanol–water partition coefficient (Wildman–Crippen LogP) is 6.92. The molecule has 0 spiro atoms. The molecule has 0 atom stereocenters. The average molecular weight is 710 g/mol. The second kappa shape index (κ2) is 13.5. The summed E-state index contributed by atoms with van der Waals surface area (Å²) in [4.78, 5) is 35.4. The summed E-state index contributed by atoms with van der Waals surface area (Å²) in [5.41, 5.74) is 1.75. The van der Waals surface area contributed by atoms with Gasteiger partial charge in [0.1, 0.15) is 33.8 Å². The topological polar surface area (TPSA) is 144 Å². The molecule has 2 aromatic heterocycles. The minimum Gasteiger partial charge on any atom is -0.495 e. The fourth-order valence-electron chi connectivity index (χ4n) is 3.57. The van der Waals surface area contributed by atoms with Crippen molar-refractivity contribution in [3.8, 4) is 11.5 Å². The van der Waals surface area contributed by atoms with Crippen molar-refractivity contribution >= 4 is 86.8 Å². The number of nitrogens with zero attached hydrogens (tertiary/aromatic N) is 4. The van der Waals surface area contributed by atoms with E-state index in [0.717, 1.165) is 6.08 Å². The summed E-state index contributed by atoms with van der Waals surface area (Å²) in [6.45, 7) is 5.18. The van der Waals surface area contributed by atoms with Gasteiger partial charge in [-0.25, -0.2) is 14.8 Å². The van der Waals surface area contributed by atoms with Gasteiger partial charge in [-0.05, 0) is 25.1 Å². The molecule has 0 aliphatic rings. The molecule has 0 aliphatic carbocycles. The van der Waals surface area contributed by atoms with Crippen molar-refractivity contribution in [2.24, 2.45) is 0 Å². The standard InChI is InChI=1S/C26H22Cl2IN7O5/c1-4-22(37)33-17-8-6-5-7-16(17)32-20-11-21(31-13-30-20)36(12-15-9-14(2)35-41-15)26(38)34-25-23(27)18(39-3)10-19(40-29)24(25)28/h4-11,13H,1,12H2,2-3H3,(H,33,37)(H,34,38)(H,30,31,32). The Kier molecular flexibility index (Phi) is 9.86. The molecule has 4 rings (SSSR count). The number of aryl methyl sites for hydroxylation is 1. The van der Waals surface area contributed by atoms with Crippen molar-refractivity contribution in [2.45, 2.75) is 13.5 Å². The maximum atomic E-state index is 13.7. The quantitative estimate of drug-likeness (QED) is 0.118. The SMILES string of the molecule is C=CC(=O)Nc1ccccc1Nc1cc(N(Cc2cc(C)no2)C(=O)Nc2c(Cl)c(OC)cc(OI)c2Cl)ncn1. The van der Waals surface area contributed by atoms with Crippen LogP contribution in [-0.4, -0.2) is 34.2 Å². The van der Waals surface area contributed by atoms with Crippen LogP contribution in [0.2, 0.25) is 10.0 Å². The minimum absolute atomic E-state index is 0.0516. The molecule has 15 heteroatoms. The summed E-state index contributed by atoms with van der Waals surface area (Å²) < 4.78 is 15.9. The molecule has 2 aromatic carbocycles. The smallest absolute Gasteiger partial charge is 0.328 e. The van der Waals surface area contributed by atoms with Gasteiger partial charge in [-0.1, -0.05) is 47.1 Å². The van der Waals surface area contributed by atoms with E-state index in [0.29, 0.717) is 28.6 Å². The number of anilines is 5. The van der Waals surface area contributed by atoms with E-state index in [1.54, 1.807) is 66.3 Å². The van der Waals surface area contributed by atoms with Crippen molar-refractivity contribution in [2.75, 3.05) is 28.0 Å². The summed E-state index contributed by atoms with van der Waals surface area (Å²) in [7, 11) is 1.42. The summed E-state index contributed by atoms with van der Waals surface area (Å²) in [5, 5.41) is 12.6. The van der Waals surface area contributed by atoms with E-state index in [2.05, 4.69) is 37.7 Å². The summed E-state index contributed by atoms with van der Waals surface area (Å²) in [6, 6.07) is 11.1. The number of halogens is 3. The number of rotatable bonds is 10. The summed E-state index contributed by atoms with van der Waals surface area (Å²) in [5.74, 6) is 1.02. The lowest BCUT2D eigenvalue weighted by Crippen LogP contribution is -2.35. The Morgan fingerprint density at radius 1 is 1.10 bits per heavy atom. The molecule has 0 saturated heterocycles. The first-order chi connectivity index (χ1) is 19.7. The van der Waals surface area contributed by atoms with Crippen molar-refractivity contribution < 1.29 is 21.9 Å². The number of para-hydroxylation sites is 2. The van der Waals surface area contributed by atoms with Crippen LogP contribution in [0.4, 0.5) is 33.5 Å². The van der Waals surface area contributed by atoms with Crippen LogP contribution in [0.3, 0.4) is 0 Å². The van der Waals surface area contributed by atoms with Gasteiger partial charge in [-0.2, -0.15) is 0 Å². The van der Waals surface area contributed by atoms with Gasteiger partial charge in [-0.15, -0.1) is 0 Å². The predicted molar refractivity (Wildman–Crippen MR) is 165 cm³/mol. The number of hydrogen-bond acceptors (Lipinski definition) is 9. The van der Waals surface area contributed by atoms with Gasteiger partial charge in [0, 0.05) is 18.2 Å². The molecule has 0 fully saturated rings. The van der Waals surface area contributed by atoms with E-state index in [4.69, 9.17) is 35.5 Å². The zero-order chi connectivity index (χ0) is 29.5. The van der Waals surface area contributed by atoms with E-state index in [1.807, 2.05) is 0 Å². The normalized spacial score (nSPS) is 10.5. The van der Waals surface area contributed by atoms with Gasteiger partial charge < -0.3 is 28.3 Å². The number of benzene rings is 2. The highest BCUT2D eigenvalue weighted by molar-refractivity contribution is 14.1. The number of ether oxygens (including phenoxy) is 1. The molecular weight excluding hydrogens is 688 g/mol. The third kappa shape index (κ3) is 7.17. The Labute approximate surface area is 258 Å². The number of urea groups is 1. The molecular formula is C26H22Cl2IN7O5. The number of hydrogen-bond donors (Lipinski definition) is 3. The molecule has 12 nitrogen and oxygen atoms in total. The van der Waals surface area contributed by atoms with Crippen LogP contribution in [0.1, 0.15) is 11.5 Å². The Morgan fingerprint density at radius 2 is 1.83 bits per heavy atom. The zero-order valence-corrected chi connectivity index (χ0v) is 25.2. The molecule has 0 bridgehead atoms. The van der Waals surface area contributed by atoms with E-state index < -0.39 is 6.03 Å². The van der Waals surface area contributed by atoms with Crippen molar-refractivity contribution in [1.29, 1.82) is 0 Å². The number of nitrogens with one attached hydrogen (secondary N) is 3. The van der Waals surface area contributed by atoms with Gasteiger partial charge in [0.15, 0.2) is 34.5 Å². The van der Waals surface area contributed by atoms with Crippen molar-refractivity contribution in [3.05, 3.63) is 82.9 Å². The van der Waals surface area contributed by atoms with Crippen molar-refractivity contribution in [3.63, 3.8) is 0 Å². The average Bonchev–Trinajstić information content (AvgIpc) is 3.39. The second-order valence-corrected chi connectivity index (χ2v) is 9.43. The number of carbonyl (C=O) groups excluding carboxylic acids is 2. The van der Waals surface area contributed by atoms with Gasteiger partial charge in [-0.3, -0.25) is 9.69 Å². The Balaban J connectivity index is 1.69. The highest BCUT2D eigenvalue weighted by Gasteiger charge is 2.25. The van der Waals surface area contributed by atoms with E-state index in [1.165, 1.54) is 24.4 Å². The molecule has 2 heterocycles. The van der Waals surface area contributed by atoms with Crippen LogP contribution in [0.25, 0.3) is 0 Å². The van der Waals surface area contributed by atoms with E-state index in [9.17, 15) is 9.59 Å². The molecule has 3 N–H and O–H groups in total. The highest BCUT2D eigenvalue weighted by atomic mass is 127. The number of aromatic nitrogens is 3. The van der Waals surface area contributed by atoms with Gasteiger partial charge >= 0.3 is 6.03 Å².